The molecule has 1 atom stereocenters. The molecule has 1 saturated heterocycles. The zero-order valence-corrected chi connectivity index (χ0v) is 15.2. The number of piperazine rings is 1. The monoisotopic (exact) mass is 353 g/mol. The van der Waals surface area contributed by atoms with Gasteiger partial charge in [-0.2, -0.15) is 0 Å². The Morgan fingerprint density at radius 3 is 2.32 bits per heavy atom. The molecule has 140 valence electrons. The molecular formula is C17H27N3O5. The second-order valence-corrected chi connectivity index (χ2v) is 6.86. The number of aliphatic hydroxyl groups is 1. The first kappa shape index (κ1) is 19.4. The van der Waals surface area contributed by atoms with E-state index < -0.39 is 10.3 Å². The molecule has 0 aromatic heterocycles. The number of benzene rings is 1. The molecule has 0 amide bonds. The molecule has 1 heterocycles. The molecule has 1 aromatic carbocycles. The van der Waals surface area contributed by atoms with Crippen molar-refractivity contribution in [3.05, 3.63) is 27.8 Å². The molecule has 0 spiro atoms. The highest BCUT2D eigenvalue weighted by molar-refractivity contribution is 5.55. The molecule has 2 rings (SSSR count). The predicted molar refractivity (Wildman–Crippen MR) is 94.3 cm³/mol. The summed E-state index contributed by atoms with van der Waals surface area (Å²) in [5, 5.41) is 24.9. The van der Waals surface area contributed by atoms with Crippen LogP contribution >= 0.6 is 0 Å². The quantitative estimate of drug-likeness (QED) is 0.567. The summed E-state index contributed by atoms with van der Waals surface area (Å²) in [5.74, 6) is 0.760. The summed E-state index contributed by atoms with van der Waals surface area (Å²) in [5.41, 5.74) is -0.0619. The van der Waals surface area contributed by atoms with Crippen LogP contribution in [0.1, 0.15) is 25.5 Å². The minimum atomic E-state index is -0.568. The summed E-state index contributed by atoms with van der Waals surface area (Å²) in [7, 11) is 2.96. The van der Waals surface area contributed by atoms with Crippen molar-refractivity contribution in [1.29, 1.82) is 0 Å². The van der Waals surface area contributed by atoms with Crippen LogP contribution in [0.3, 0.4) is 0 Å². The van der Waals surface area contributed by atoms with E-state index in [9.17, 15) is 15.2 Å². The number of rotatable bonds is 7. The first-order valence-corrected chi connectivity index (χ1v) is 8.31. The Balaban J connectivity index is 2.63. The second-order valence-electron chi connectivity index (χ2n) is 6.86. The van der Waals surface area contributed by atoms with Gasteiger partial charge in [0.2, 0.25) is 0 Å². The third kappa shape index (κ3) is 4.02. The van der Waals surface area contributed by atoms with E-state index in [2.05, 4.69) is 10.2 Å². The average molecular weight is 353 g/mol. The average Bonchev–Trinajstić information content (AvgIpc) is 2.61. The molecule has 1 aliphatic heterocycles. The molecule has 1 fully saturated rings. The Hall–Kier alpha value is -1.90. The lowest BCUT2D eigenvalue weighted by atomic mass is 9.79. The van der Waals surface area contributed by atoms with Gasteiger partial charge in [0.05, 0.1) is 30.8 Å². The highest BCUT2D eigenvalue weighted by atomic mass is 16.6. The largest absolute Gasteiger partial charge is 0.493 e. The van der Waals surface area contributed by atoms with Crippen LogP contribution in [0.25, 0.3) is 0 Å². The molecule has 1 aliphatic rings. The standard InChI is InChI=1S/C17H27N3O5/c1-17(2,11-21)16(19-7-5-18-6-8-19)12-9-14(24-3)15(25-4)10-13(12)20(22)23/h9-10,16,18,21H,5-8,11H2,1-4H3/t16-/m1/s1. The first-order chi connectivity index (χ1) is 11.9. The Kier molecular flexibility index (Phi) is 6.21. The highest BCUT2D eigenvalue weighted by Gasteiger charge is 2.40. The fourth-order valence-electron chi connectivity index (χ4n) is 3.40. The molecule has 0 aliphatic carbocycles. The minimum absolute atomic E-state index is 0.0253. The summed E-state index contributed by atoms with van der Waals surface area (Å²) in [4.78, 5) is 13.5. The Bertz CT molecular complexity index is 615. The smallest absolute Gasteiger partial charge is 0.278 e. The molecule has 0 saturated carbocycles. The van der Waals surface area contributed by atoms with Crippen LogP contribution in [-0.2, 0) is 0 Å². The van der Waals surface area contributed by atoms with Crippen molar-refractivity contribution in [1.82, 2.24) is 10.2 Å². The Morgan fingerprint density at radius 2 is 1.84 bits per heavy atom. The zero-order chi connectivity index (χ0) is 18.6. The maximum atomic E-state index is 11.7. The maximum absolute atomic E-state index is 11.7. The Morgan fingerprint density at radius 1 is 1.28 bits per heavy atom. The molecule has 25 heavy (non-hydrogen) atoms. The molecule has 0 bridgehead atoms. The normalized spacial score (nSPS) is 17.2. The number of nitro benzene ring substituents is 1. The van der Waals surface area contributed by atoms with Crippen molar-refractivity contribution in [2.75, 3.05) is 47.0 Å². The van der Waals surface area contributed by atoms with Crippen LogP contribution in [0.4, 0.5) is 5.69 Å². The van der Waals surface area contributed by atoms with E-state index in [4.69, 9.17) is 9.47 Å². The fourth-order valence-corrected chi connectivity index (χ4v) is 3.40. The van der Waals surface area contributed by atoms with E-state index in [-0.39, 0.29) is 18.3 Å². The molecular weight excluding hydrogens is 326 g/mol. The summed E-state index contributed by atoms with van der Waals surface area (Å²) in [6.07, 6.45) is 0. The Labute approximate surface area is 147 Å². The number of nitrogens with zero attached hydrogens (tertiary/aromatic N) is 2. The van der Waals surface area contributed by atoms with Gasteiger partial charge in [-0.15, -0.1) is 0 Å². The van der Waals surface area contributed by atoms with Crippen LogP contribution in [0.15, 0.2) is 12.1 Å². The van der Waals surface area contributed by atoms with Gasteiger partial charge < -0.3 is 19.9 Å². The topological polar surface area (TPSA) is 97.1 Å². The number of hydrogen-bond acceptors (Lipinski definition) is 7. The van der Waals surface area contributed by atoms with Gasteiger partial charge in [-0.3, -0.25) is 15.0 Å². The maximum Gasteiger partial charge on any atom is 0.278 e. The third-order valence-corrected chi connectivity index (χ3v) is 4.69. The first-order valence-electron chi connectivity index (χ1n) is 8.31. The van der Waals surface area contributed by atoms with Crippen LogP contribution in [0.5, 0.6) is 11.5 Å². The minimum Gasteiger partial charge on any atom is -0.493 e. The van der Waals surface area contributed by atoms with Gasteiger partial charge in [0.25, 0.3) is 5.69 Å². The van der Waals surface area contributed by atoms with E-state index in [1.165, 1.54) is 20.3 Å². The number of methoxy groups -OCH3 is 2. The van der Waals surface area contributed by atoms with Crippen molar-refractivity contribution in [2.45, 2.75) is 19.9 Å². The van der Waals surface area contributed by atoms with E-state index in [1.807, 2.05) is 13.8 Å². The number of hydrogen-bond donors (Lipinski definition) is 2. The van der Waals surface area contributed by atoms with Gasteiger partial charge in [0.1, 0.15) is 0 Å². The van der Waals surface area contributed by atoms with Gasteiger partial charge in [-0.25, -0.2) is 0 Å². The lowest BCUT2D eigenvalue weighted by molar-refractivity contribution is -0.386. The summed E-state index contributed by atoms with van der Waals surface area (Å²) in [6, 6.07) is 2.75. The predicted octanol–water partition coefficient (Wildman–Crippen LogP) is 1.58. The third-order valence-electron chi connectivity index (χ3n) is 4.69. The van der Waals surface area contributed by atoms with E-state index >= 15 is 0 Å². The number of nitro groups is 1. The summed E-state index contributed by atoms with van der Waals surface area (Å²) >= 11 is 0. The van der Waals surface area contributed by atoms with Crippen molar-refractivity contribution in [3.8, 4) is 11.5 Å². The molecule has 2 N–H and O–H groups in total. The van der Waals surface area contributed by atoms with E-state index in [0.29, 0.717) is 17.1 Å². The molecule has 8 nitrogen and oxygen atoms in total. The lowest BCUT2D eigenvalue weighted by Gasteiger charge is -2.43. The molecule has 0 radical (unpaired) electrons. The van der Waals surface area contributed by atoms with E-state index in [1.54, 1.807) is 6.07 Å². The number of nitrogens with one attached hydrogen (secondary N) is 1. The van der Waals surface area contributed by atoms with Gasteiger partial charge in [0.15, 0.2) is 11.5 Å². The van der Waals surface area contributed by atoms with Crippen molar-refractivity contribution < 1.29 is 19.5 Å². The fraction of sp³-hybridized carbons (Fsp3) is 0.647. The van der Waals surface area contributed by atoms with Crippen LogP contribution < -0.4 is 14.8 Å². The zero-order valence-electron chi connectivity index (χ0n) is 15.2. The summed E-state index contributed by atoms with van der Waals surface area (Å²) in [6.45, 7) is 6.85. The van der Waals surface area contributed by atoms with Crippen LogP contribution in [0, 0.1) is 15.5 Å². The van der Waals surface area contributed by atoms with E-state index in [0.717, 1.165) is 26.2 Å². The van der Waals surface area contributed by atoms with Crippen molar-refractivity contribution in [3.63, 3.8) is 0 Å². The van der Waals surface area contributed by atoms with Crippen molar-refractivity contribution >= 4 is 5.69 Å². The molecule has 1 aromatic rings. The molecule has 8 heteroatoms. The van der Waals surface area contributed by atoms with Crippen molar-refractivity contribution in [2.24, 2.45) is 5.41 Å². The molecule has 0 unspecified atom stereocenters. The van der Waals surface area contributed by atoms with Gasteiger partial charge >= 0.3 is 0 Å². The number of aliphatic hydroxyl groups excluding tert-OH is 1. The van der Waals surface area contributed by atoms with Gasteiger partial charge in [-0.05, 0) is 6.07 Å². The number of ether oxygens (including phenoxy) is 2. The van der Waals surface area contributed by atoms with Crippen LogP contribution in [-0.4, -0.2) is 61.9 Å². The van der Waals surface area contributed by atoms with Gasteiger partial charge in [-0.1, -0.05) is 13.8 Å². The van der Waals surface area contributed by atoms with Crippen LogP contribution in [0.2, 0.25) is 0 Å². The SMILES string of the molecule is COc1cc([C@@H](N2CCNCC2)C(C)(C)CO)c([N+](=O)[O-])cc1OC. The highest BCUT2D eigenvalue weighted by Crippen LogP contribution is 2.45. The lowest BCUT2D eigenvalue weighted by Crippen LogP contribution is -2.49. The summed E-state index contributed by atoms with van der Waals surface area (Å²) < 4.78 is 10.6. The van der Waals surface area contributed by atoms with Gasteiger partial charge in [0, 0.05) is 44.2 Å². The second kappa shape index (κ2) is 7.99.